The van der Waals surface area contributed by atoms with Gasteiger partial charge in [0.25, 0.3) is 5.56 Å². The van der Waals surface area contributed by atoms with E-state index in [9.17, 15) is 9.59 Å². The van der Waals surface area contributed by atoms with Gasteiger partial charge < -0.3 is 10.2 Å². The molecule has 0 atom stereocenters. The van der Waals surface area contributed by atoms with E-state index < -0.39 is 0 Å². The Balaban J connectivity index is 2.08. The maximum Gasteiger partial charge on any atom is 0.332 e. The molecule has 2 N–H and O–H groups in total. The van der Waals surface area contributed by atoms with Crippen LogP contribution in [0.4, 0.5) is 5.95 Å². The third-order valence-electron chi connectivity index (χ3n) is 5.53. The predicted octanol–water partition coefficient (Wildman–Crippen LogP) is 0.127. The van der Waals surface area contributed by atoms with Gasteiger partial charge in [-0.1, -0.05) is 29.8 Å². The van der Waals surface area contributed by atoms with Gasteiger partial charge in [-0.15, -0.1) is 0 Å². The minimum absolute atomic E-state index is 0.328. The van der Waals surface area contributed by atoms with E-state index >= 15 is 0 Å². The highest BCUT2D eigenvalue weighted by Gasteiger charge is 2.19. The van der Waals surface area contributed by atoms with Gasteiger partial charge in [0.15, 0.2) is 11.2 Å². The Morgan fingerprint density at radius 2 is 1.83 bits per heavy atom. The van der Waals surface area contributed by atoms with Crippen LogP contribution in [0.5, 0.6) is 0 Å². The van der Waals surface area contributed by atoms with E-state index in [0.717, 1.165) is 41.9 Å². The summed E-state index contributed by atoms with van der Waals surface area (Å²) in [7, 11) is 3.16. The van der Waals surface area contributed by atoms with E-state index in [1.54, 1.807) is 7.05 Å². The molecule has 0 radical (unpaired) electrons. The second-order valence-corrected chi connectivity index (χ2v) is 7.52. The standard InChI is InChI=1S/C21H30N6O2/c1-6-26(7-2)12-11-22-20-23-18-17(19(28)25(5)21(29)24(18)4)27(20)14-16-10-8-9-15(3)13-16/h8-10,13H,6-7,11-12,14H2,1-5H3,(H,22,23)/p+1. The lowest BCUT2D eigenvalue weighted by atomic mass is 10.1. The number of quaternary nitrogens is 1. The van der Waals surface area contributed by atoms with Crippen LogP contribution in [0.1, 0.15) is 25.0 Å². The highest BCUT2D eigenvalue weighted by atomic mass is 16.2. The number of nitrogens with zero attached hydrogens (tertiary/aromatic N) is 4. The third-order valence-corrected chi connectivity index (χ3v) is 5.53. The molecule has 0 unspecified atom stereocenters. The fourth-order valence-electron chi connectivity index (χ4n) is 3.68. The average Bonchev–Trinajstić information content (AvgIpc) is 3.06. The van der Waals surface area contributed by atoms with Crippen molar-refractivity contribution in [2.75, 3.05) is 31.5 Å². The minimum atomic E-state index is -0.373. The zero-order valence-electron chi connectivity index (χ0n) is 18.0. The number of hydrogen-bond donors (Lipinski definition) is 2. The fraction of sp³-hybridized carbons (Fsp3) is 0.476. The van der Waals surface area contributed by atoms with Gasteiger partial charge in [0.05, 0.1) is 32.7 Å². The maximum atomic E-state index is 12.9. The van der Waals surface area contributed by atoms with Gasteiger partial charge in [-0.2, -0.15) is 4.98 Å². The minimum Gasteiger partial charge on any atom is -0.350 e. The topological polar surface area (TPSA) is 78.3 Å². The summed E-state index contributed by atoms with van der Waals surface area (Å²) in [5.74, 6) is 0.617. The van der Waals surface area contributed by atoms with Gasteiger partial charge in [0.2, 0.25) is 5.95 Å². The van der Waals surface area contributed by atoms with Crippen LogP contribution in [-0.2, 0) is 20.6 Å². The highest BCUT2D eigenvalue weighted by Crippen LogP contribution is 2.18. The first-order valence-electron chi connectivity index (χ1n) is 10.2. The molecule has 8 heteroatoms. The van der Waals surface area contributed by atoms with Gasteiger partial charge in [-0.3, -0.25) is 18.5 Å². The zero-order valence-corrected chi connectivity index (χ0v) is 18.0. The summed E-state index contributed by atoms with van der Waals surface area (Å²) in [4.78, 5) is 31.4. The molecular weight excluding hydrogens is 368 g/mol. The summed E-state index contributed by atoms with van der Waals surface area (Å²) >= 11 is 0. The molecular formula is C21H31N6O2+. The van der Waals surface area contributed by atoms with Crippen molar-refractivity contribution in [3.63, 3.8) is 0 Å². The number of aryl methyl sites for hydroxylation is 2. The molecule has 2 heterocycles. The number of rotatable bonds is 8. The Hall–Kier alpha value is -2.87. The van der Waals surface area contributed by atoms with E-state index in [4.69, 9.17) is 0 Å². The van der Waals surface area contributed by atoms with Crippen molar-refractivity contribution < 1.29 is 4.90 Å². The second kappa shape index (κ2) is 8.65. The highest BCUT2D eigenvalue weighted by molar-refractivity contribution is 5.74. The van der Waals surface area contributed by atoms with Gasteiger partial charge in [0, 0.05) is 14.1 Å². The smallest absolute Gasteiger partial charge is 0.332 e. The van der Waals surface area contributed by atoms with Crippen LogP contribution in [0.25, 0.3) is 11.2 Å². The van der Waals surface area contributed by atoms with Gasteiger partial charge in [-0.05, 0) is 26.3 Å². The first kappa shape index (κ1) is 20.9. The average molecular weight is 400 g/mol. The molecule has 8 nitrogen and oxygen atoms in total. The molecule has 0 spiro atoms. The summed E-state index contributed by atoms with van der Waals surface area (Å²) in [6, 6.07) is 8.19. The van der Waals surface area contributed by atoms with Crippen LogP contribution in [0.3, 0.4) is 0 Å². The number of fused-ring (bicyclic) bond motifs is 1. The van der Waals surface area contributed by atoms with Crippen LogP contribution in [0.2, 0.25) is 0 Å². The van der Waals surface area contributed by atoms with Crippen molar-refractivity contribution in [1.29, 1.82) is 0 Å². The summed E-state index contributed by atoms with van der Waals surface area (Å²) in [6.07, 6.45) is 0. The largest absolute Gasteiger partial charge is 0.350 e. The van der Waals surface area contributed by atoms with E-state index in [2.05, 4.69) is 30.2 Å². The maximum absolute atomic E-state index is 12.9. The monoisotopic (exact) mass is 399 g/mol. The van der Waals surface area contributed by atoms with Crippen molar-refractivity contribution in [2.24, 2.45) is 14.1 Å². The van der Waals surface area contributed by atoms with Crippen LogP contribution in [0.15, 0.2) is 33.9 Å². The lowest BCUT2D eigenvalue weighted by Gasteiger charge is -2.16. The molecule has 3 aromatic rings. The van der Waals surface area contributed by atoms with E-state index in [1.807, 2.05) is 29.7 Å². The van der Waals surface area contributed by atoms with Crippen LogP contribution in [-0.4, -0.2) is 44.9 Å². The molecule has 0 fully saturated rings. The van der Waals surface area contributed by atoms with Gasteiger partial charge >= 0.3 is 5.69 Å². The lowest BCUT2D eigenvalue weighted by molar-refractivity contribution is -0.894. The molecule has 0 aliphatic heterocycles. The Kier molecular flexibility index (Phi) is 6.22. The number of anilines is 1. The van der Waals surface area contributed by atoms with Gasteiger partial charge in [-0.25, -0.2) is 4.79 Å². The Morgan fingerprint density at radius 1 is 1.10 bits per heavy atom. The quantitative estimate of drug-likeness (QED) is 0.564. The number of benzene rings is 1. The number of aromatic nitrogens is 4. The first-order valence-corrected chi connectivity index (χ1v) is 10.2. The fourth-order valence-corrected chi connectivity index (χ4v) is 3.68. The molecule has 2 aromatic heterocycles. The van der Waals surface area contributed by atoms with Crippen molar-refractivity contribution >= 4 is 17.1 Å². The number of likely N-dealkylation sites (N-methyl/N-ethyl adjacent to an activating group) is 1. The summed E-state index contributed by atoms with van der Waals surface area (Å²) in [5, 5.41) is 3.40. The summed E-state index contributed by atoms with van der Waals surface area (Å²) in [5.41, 5.74) is 2.38. The molecule has 156 valence electrons. The van der Waals surface area contributed by atoms with Crippen LogP contribution >= 0.6 is 0 Å². The van der Waals surface area contributed by atoms with E-state index in [0.29, 0.717) is 23.7 Å². The van der Waals surface area contributed by atoms with Crippen LogP contribution in [0, 0.1) is 6.92 Å². The van der Waals surface area contributed by atoms with Crippen molar-refractivity contribution in [2.45, 2.75) is 27.3 Å². The molecule has 0 saturated carbocycles. The molecule has 29 heavy (non-hydrogen) atoms. The molecule has 0 amide bonds. The molecule has 0 aliphatic carbocycles. The second-order valence-electron chi connectivity index (χ2n) is 7.52. The number of hydrogen-bond acceptors (Lipinski definition) is 4. The SMILES string of the molecule is CC[NH+](CC)CCNc1nc2c(c(=O)n(C)c(=O)n2C)n1Cc1cccc(C)c1. The van der Waals surface area contributed by atoms with Crippen LogP contribution < -0.4 is 21.5 Å². The molecule has 3 rings (SSSR count). The predicted molar refractivity (Wildman–Crippen MR) is 116 cm³/mol. The number of nitrogens with one attached hydrogen (secondary N) is 2. The van der Waals surface area contributed by atoms with Crippen molar-refractivity contribution in [1.82, 2.24) is 18.7 Å². The van der Waals surface area contributed by atoms with E-state index in [-0.39, 0.29) is 11.2 Å². The lowest BCUT2D eigenvalue weighted by Crippen LogP contribution is -3.12. The zero-order chi connectivity index (χ0) is 21.1. The molecule has 0 saturated heterocycles. The Labute approximate surface area is 170 Å². The van der Waals surface area contributed by atoms with Crippen molar-refractivity contribution in [3.05, 3.63) is 56.2 Å². The van der Waals surface area contributed by atoms with Gasteiger partial charge in [0.1, 0.15) is 0 Å². The normalized spacial score (nSPS) is 11.5. The Bertz CT molecular complexity index is 1120. The molecule has 1 aromatic carbocycles. The Morgan fingerprint density at radius 3 is 2.48 bits per heavy atom. The van der Waals surface area contributed by atoms with Crippen molar-refractivity contribution in [3.8, 4) is 0 Å². The first-order chi connectivity index (χ1) is 13.9. The number of imidazole rings is 1. The molecule has 0 bridgehead atoms. The third kappa shape index (κ3) is 4.12. The van der Waals surface area contributed by atoms with E-state index in [1.165, 1.54) is 16.5 Å². The summed E-state index contributed by atoms with van der Waals surface area (Å²) < 4.78 is 4.47. The summed E-state index contributed by atoms with van der Waals surface area (Å²) in [6.45, 7) is 10.7. The molecule has 0 aliphatic rings.